The van der Waals surface area contributed by atoms with E-state index in [1.54, 1.807) is 0 Å². The van der Waals surface area contributed by atoms with Crippen LogP contribution in [0, 0.1) is 0 Å². The largest absolute Gasteiger partial charge is 0.486 e. The zero-order valence-electron chi connectivity index (χ0n) is 10.4. The number of fused-ring (bicyclic) bond motifs is 1. The summed E-state index contributed by atoms with van der Waals surface area (Å²) in [5, 5.41) is 9.42. The number of nitrogens with zero attached hydrogens (tertiary/aromatic N) is 1. The van der Waals surface area contributed by atoms with E-state index in [0.29, 0.717) is 5.56 Å². The predicted octanol–water partition coefficient (Wildman–Crippen LogP) is 1.54. The van der Waals surface area contributed by atoms with E-state index in [9.17, 15) is 8.42 Å². The highest BCUT2D eigenvalue weighted by atomic mass is 35.5. The van der Waals surface area contributed by atoms with Gasteiger partial charge in [-0.1, -0.05) is 23.2 Å². The number of hydrogen-bond acceptors (Lipinski definition) is 4. The van der Waals surface area contributed by atoms with Crippen LogP contribution in [0.2, 0.25) is 10.0 Å². The number of aliphatic hydroxyl groups is 1. The Bertz CT molecular complexity index is 616. The second-order valence-electron chi connectivity index (χ2n) is 4.39. The Hall–Kier alpha value is -0.530. The first-order valence-electron chi connectivity index (χ1n) is 5.50. The molecule has 1 aliphatic heterocycles. The lowest BCUT2D eigenvalue weighted by Gasteiger charge is -2.15. The van der Waals surface area contributed by atoms with E-state index < -0.39 is 16.1 Å². The maximum Gasteiger partial charge on any atom is 0.243 e. The molecule has 0 radical (unpaired) electrons. The third-order valence-electron chi connectivity index (χ3n) is 2.92. The first-order valence-corrected chi connectivity index (χ1v) is 7.69. The number of halogens is 2. The fraction of sp³-hybridized carbons (Fsp3) is 0.455. The second kappa shape index (κ2) is 5.10. The molecule has 1 aromatic rings. The Balaban J connectivity index is 2.67. The molecule has 1 N–H and O–H groups in total. The molecule has 0 spiro atoms. The summed E-state index contributed by atoms with van der Waals surface area (Å²) in [7, 11) is -0.776. The van der Waals surface area contributed by atoms with Crippen LogP contribution in [0.1, 0.15) is 5.56 Å². The van der Waals surface area contributed by atoms with Crippen molar-refractivity contribution in [2.75, 3.05) is 20.7 Å². The summed E-state index contributed by atoms with van der Waals surface area (Å²) >= 11 is 12.0. The second-order valence-corrected chi connectivity index (χ2v) is 7.30. The van der Waals surface area contributed by atoms with Gasteiger partial charge in [0, 0.05) is 26.1 Å². The minimum Gasteiger partial charge on any atom is -0.486 e. The summed E-state index contributed by atoms with van der Waals surface area (Å²) in [5.74, 6) is 0.244. The van der Waals surface area contributed by atoms with Gasteiger partial charge in [0.05, 0.1) is 16.5 Å². The molecule has 0 saturated carbocycles. The molecule has 0 fully saturated rings. The molecule has 19 heavy (non-hydrogen) atoms. The molecule has 2 rings (SSSR count). The van der Waals surface area contributed by atoms with Gasteiger partial charge in [-0.2, -0.15) is 0 Å². The lowest BCUT2D eigenvalue weighted by atomic mass is 10.1. The van der Waals surface area contributed by atoms with Crippen LogP contribution in [0.5, 0.6) is 5.75 Å². The summed E-state index contributed by atoms with van der Waals surface area (Å²) in [6.07, 6.45) is -0.215. The highest BCUT2D eigenvalue weighted by Crippen LogP contribution is 2.44. The Kier molecular flexibility index (Phi) is 3.99. The molecule has 0 amide bonds. The minimum atomic E-state index is -3.64. The standard InChI is InChI=1S/C11H13Cl2NO4S/c1-14(2)19(16,17)9-4-8(12)10(13)11-7(9)3-6(5-15)18-11/h4,6,15H,3,5H2,1-2H3. The van der Waals surface area contributed by atoms with Crippen molar-refractivity contribution in [3.05, 3.63) is 21.7 Å². The lowest BCUT2D eigenvalue weighted by molar-refractivity contribution is 0.134. The SMILES string of the molecule is CN(C)S(=O)(=O)c1cc(Cl)c(Cl)c2c1CC(CO)O2. The van der Waals surface area contributed by atoms with E-state index in [1.165, 1.54) is 20.2 Å². The first-order chi connectivity index (χ1) is 8.78. The molecular formula is C11H13Cl2NO4S. The van der Waals surface area contributed by atoms with E-state index in [4.69, 9.17) is 33.0 Å². The Morgan fingerprint density at radius 2 is 2.11 bits per heavy atom. The average Bonchev–Trinajstić information content (AvgIpc) is 2.77. The van der Waals surface area contributed by atoms with Crippen molar-refractivity contribution in [1.29, 1.82) is 0 Å². The Morgan fingerprint density at radius 1 is 1.47 bits per heavy atom. The zero-order valence-corrected chi connectivity index (χ0v) is 12.7. The Morgan fingerprint density at radius 3 is 2.63 bits per heavy atom. The average molecular weight is 326 g/mol. The van der Waals surface area contributed by atoms with Gasteiger partial charge in [0.1, 0.15) is 16.9 Å². The van der Waals surface area contributed by atoms with E-state index >= 15 is 0 Å². The Labute approximate surface area is 121 Å². The van der Waals surface area contributed by atoms with Gasteiger partial charge < -0.3 is 9.84 Å². The summed E-state index contributed by atoms with van der Waals surface area (Å²) in [6.45, 7) is -0.218. The maximum absolute atomic E-state index is 12.3. The molecule has 5 nitrogen and oxygen atoms in total. The van der Waals surface area contributed by atoms with Crippen molar-refractivity contribution in [1.82, 2.24) is 4.31 Å². The van der Waals surface area contributed by atoms with Gasteiger partial charge in [-0.25, -0.2) is 12.7 Å². The van der Waals surface area contributed by atoms with Gasteiger partial charge in [-0.3, -0.25) is 0 Å². The number of benzene rings is 1. The van der Waals surface area contributed by atoms with Crippen LogP contribution in [-0.4, -0.2) is 44.6 Å². The van der Waals surface area contributed by atoms with Crippen LogP contribution in [0.15, 0.2) is 11.0 Å². The topological polar surface area (TPSA) is 66.8 Å². The van der Waals surface area contributed by atoms with Crippen LogP contribution in [0.4, 0.5) is 0 Å². The summed E-state index contributed by atoms with van der Waals surface area (Å²) < 4.78 is 31.0. The smallest absolute Gasteiger partial charge is 0.243 e. The number of aliphatic hydroxyl groups excluding tert-OH is 1. The molecule has 0 saturated heterocycles. The number of ether oxygens (including phenoxy) is 1. The van der Waals surface area contributed by atoms with Crippen molar-refractivity contribution >= 4 is 33.2 Å². The van der Waals surface area contributed by atoms with Crippen LogP contribution < -0.4 is 4.74 Å². The summed E-state index contributed by atoms with van der Waals surface area (Å²) in [6, 6.07) is 1.32. The van der Waals surface area contributed by atoms with E-state index in [2.05, 4.69) is 0 Å². The quantitative estimate of drug-likeness (QED) is 0.915. The van der Waals surface area contributed by atoms with Crippen LogP contribution >= 0.6 is 23.2 Å². The molecule has 1 unspecified atom stereocenters. The van der Waals surface area contributed by atoms with E-state index in [1.807, 2.05) is 0 Å². The van der Waals surface area contributed by atoms with Gasteiger partial charge in [0.2, 0.25) is 10.0 Å². The minimum absolute atomic E-state index is 0.0675. The van der Waals surface area contributed by atoms with Gasteiger partial charge in [-0.05, 0) is 6.07 Å². The third-order valence-corrected chi connectivity index (χ3v) is 5.57. The van der Waals surface area contributed by atoms with Gasteiger partial charge in [-0.15, -0.1) is 0 Å². The first kappa shape index (κ1) is 14.9. The third kappa shape index (κ3) is 2.43. The monoisotopic (exact) mass is 325 g/mol. The number of sulfonamides is 1. The molecule has 1 heterocycles. The van der Waals surface area contributed by atoms with Crippen molar-refractivity contribution < 1.29 is 18.3 Å². The number of hydrogen-bond donors (Lipinski definition) is 1. The summed E-state index contributed by atoms with van der Waals surface area (Å²) in [5.41, 5.74) is 0.460. The molecule has 0 aliphatic carbocycles. The van der Waals surface area contributed by atoms with Crippen LogP contribution in [-0.2, 0) is 16.4 Å². The molecule has 0 aromatic heterocycles. The van der Waals surface area contributed by atoms with E-state index in [0.717, 1.165) is 4.31 Å². The summed E-state index contributed by atoms with van der Waals surface area (Å²) in [4.78, 5) is 0.0675. The van der Waals surface area contributed by atoms with Gasteiger partial charge in [0.15, 0.2) is 0 Å². The molecule has 106 valence electrons. The lowest BCUT2D eigenvalue weighted by Crippen LogP contribution is -2.23. The van der Waals surface area contributed by atoms with Gasteiger partial charge in [0.25, 0.3) is 0 Å². The fourth-order valence-electron chi connectivity index (χ4n) is 1.90. The van der Waals surface area contributed by atoms with Crippen molar-refractivity contribution in [2.24, 2.45) is 0 Å². The maximum atomic E-state index is 12.3. The molecule has 1 atom stereocenters. The van der Waals surface area contributed by atoms with E-state index in [-0.39, 0.29) is 33.7 Å². The molecule has 8 heteroatoms. The van der Waals surface area contributed by atoms with Crippen LogP contribution in [0.3, 0.4) is 0 Å². The molecule has 0 bridgehead atoms. The normalized spacial score (nSPS) is 18.5. The van der Waals surface area contributed by atoms with Crippen molar-refractivity contribution in [3.63, 3.8) is 0 Å². The highest BCUT2D eigenvalue weighted by molar-refractivity contribution is 7.89. The molecular weight excluding hydrogens is 313 g/mol. The van der Waals surface area contributed by atoms with Gasteiger partial charge >= 0.3 is 0 Å². The van der Waals surface area contributed by atoms with Crippen molar-refractivity contribution in [3.8, 4) is 5.75 Å². The number of rotatable bonds is 3. The van der Waals surface area contributed by atoms with Crippen molar-refractivity contribution in [2.45, 2.75) is 17.4 Å². The molecule has 1 aliphatic rings. The fourth-order valence-corrected chi connectivity index (χ4v) is 3.52. The highest BCUT2D eigenvalue weighted by Gasteiger charge is 2.34. The predicted molar refractivity (Wildman–Crippen MR) is 72.5 cm³/mol. The zero-order chi connectivity index (χ0) is 14.4. The molecule has 1 aromatic carbocycles. The van der Waals surface area contributed by atoms with Crippen LogP contribution in [0.25, 0.3) is 0 Å².